The van der Waals surface area contributed by atoms with Crippen LogP contribution in [0.3, 0.4) is 0 Å². The van der Waals surface area contributed by atoms with E-state index in [1.54, 1.807) is 0 Å². The van der Waals surface area contributed by atoms with Gasteiger partial charge in [0, 0.05) is 6.54 Å². The fourth-order valence-corrected chi connectivity index (χ4v) is 2.52. The average Bonchev–Trinajstić information content (AvgIpc) is 2.37. The predicted molar refractivity (Wildman–Crippen MR) is 73.2 cm³/mol. The molecule has 1 unspecified atom stereocenters. The fourth-order valence-electron chi connectivity index (χ4n) is 2.52. The Morgan fingerprint density at radius 2 is 1.90 bits per heavy atom. The summed E-state index contributed by atoms with van der Waals surface area (Å²) in [5.74, 6) is -2.37. The summed E-state index contributed by atoms with van der Waals surface area (Å²) in [6.07, 6.45) is 0. The Kier molecular flexibility index (Phi) is 3.98. The zero-order chi connectivity index (χ0) is 15.8. The van der Waals surface area contributed by atoms with E-state index in [1.165, 1.54) is 11.0 Å². The van der Waals surface area contributed by atoms with Crippen LogP contribution in [0, 0.1) is 17.0 Å². The minimum Gasteiger partial charge on any atom is -0.345 e. The van der Waals surface area contributed by atoms with E-state index in [1.807, 2.05) is 20.8 Å². The van der Waals surface area contributed by atoms with Crippen LogP contribution in [0.4, 0.5) is 8.78 Å². The summed E-state index contributed by atoms with van der Waals surface area (Å²) in [6, 6.07) is 2.84. The molecule has 0 aliphatic carbocycles. The van der Waals surface area contributed by atoms with Crippen molar-refractivity contribution < 1.29 is 18.4 Å². The van der Waals surface area contributed by atoms with Crippen LogP contribution in [0.15, 0.2) is 18.2 Å². The average molecular weight is 296 g/mol. The number of hydrogen-bond acceptors (Lipinski definition) is 2. The van der Waals surface area contributed by atoms with Gasteiger partial charge in [-0.1, -0.05) is 26.8 Å². The number of rotatable bonds is 2. The number of halogens is 2. The summed E-state index contributed by atoms with van der Waals surface area (Å²) in [5.41, 5.74) is -0.00940. The molecule has 1 fully saturated rings. The predicted octanol–water partition coefficient (Wildman–Crippen LogP) is 1.84. The largest absolute Gasteiger partial charge is 0.345 e. The van der Waals surface area contributed by atoms with Gasteiger partial charge >= 0.3 is 0 Å². The molecule has 2 amide bonds. The van der Waals surface area contributed by atoms with Gasteiger partial charge in [-0.15, -0.1) is 0 Å². The summed E-state index contributed by atoms with van der Waals surface area (Å²) in [7, 11) is 0. The van der Waals surface area contributed by atoms with Crippen molar-refractivity contribution in [3.8, 4) is 0 Å². The third-order valence-corrected chi connectivity index (χ3v) is 3.45. The highest BCUT2D eigenvalue weighted by atomic mass is 19.2. The second-order valence-corrected chi connectivity index (χ2v) is 6.26. The molecule has 6 heteroatoms. The van der Waals surface area contributed by atoms with Crippen molar-refractivity contribution in [2.45, 2.75) is 33.4 Å². The van der Waals surface area contributed by atoms with E-state index >= 15 is 0 Å². The molecule has 0 radical (unpaired) electrons. The van der Waals surface area contributed by atoms with Crippen molar-refractivity contribution in [2.24, 2.45) is 5.41 Å². The first-order valence-corrected chi connectivity index (χ1v) is 6.71. The quantitative estimate of drug-likeness (QED) is 0.905. The molecule has 1 aliphatic heterocycles. The number of nitrogens with one attached hydrogen (secondary N) is 1. The van der Waals surface area contributed by atoms with Crippen LogP contribution >= 0.6 is 0 Å². The summed E-state index contributed by atoms with van der Waals surface area (Å²) in [4.78, 5) is 25.6. The normalized spacial score (nSPS) is 19.7. The molecule has 21 heavy (non-hydrogen) atoms. The van der Waals surface area contributed by atoms with Gasteiger partial charge in [0.15, 0.2) is 11.6 Å². The van der Waals surface area contributed by atoms with E-state index in [9.17, 15) is 18.4 Å². The van der Waals surface area contributed by atoms with Gasteiger partial charge in [-0.05, 0) is 23.1 Å². The molecule has 0 spiro atoms. The molecule has 1 aliphatic rings. The highest BCUT2D eigenvalue weighted by Gasteiger charge is 2.41. The highest BCUT2D eigenvalue weighted by Crippen LogP contribution is 2.28. The van der Waals surface area contributed by atoms with Gasteiger partial charge in [0.1, 0.15) is 6.04 Å². The van der Waals surface area contributed by atoms with E-state index in [0.29, 0.717) is 5.56 Å². The molecule has 2 rings (SSSR count). The Labute approximate surface area is 122 Å². The first-order valence-electron chi connectivity index (χ1n) is 6.71. The van der Waals surface area contributed by atoms with E-state index in [2.05, 4.69) is 5.32 Å². The monoisotopic (exact) mass is 296 g/mol. The summed E-state index contributed by atoms with van der Waals surface area (Å²) < 4.78 is 26.2. The lowest BCUT2D eigenvalue weighted by molar-refractivity contribution is -0.150. The summed E-state index contributed by atoms with van der Waals surface area (Å²) in [6.45, 7) is 5.57. The van der Waals surface area contributed by atoms with Gasteiger partial charge in [0.05, 0.1) is 6.54 Å². The fraction of sp³-hybridized carbons (Fsp3) is 0.467. The van der Waals surface area contributed by atoms with Crippen LogP contribution in [0.1, 0.15) is 26.3 Å². The molecule has 1 saturated heterocycles. The van der Waals surface area contributed by atoms with Crippen LogP contribution in [0.2, 0.25) is 0 Å². The maximum Gasteiger partial charge on any atom is 0.243 e. The maximum absolute atomic E-state index is 13.3. The number of carbonyl (C=O) groups excluding carboxylic acids is 2. The standard InChI is InChI=1S/C15H18F2N2O2/c1-15(2,3)13-14(21)18-7-12(20)19(13)8-9-4-5-10(16)11(17)6-9/h4-6,13H,7-8H2,1-3H3,(H,18,21). The second-order valence-electron chi connectivity index (χ2n) is 6.26. The molecule has 1 atom stereocenters. The maximum atomic E-state index is 13.3. The minimum atomic E-state index is -0.964. The zero-order valence-electron chi connectivity index (χ0n) is 12.2. The number of carbonyl (C=O) groups is 2. The van der Waals surface area contributed by atoms with Gasteiger partial charge in [-0.3, -0.25) is 9.59 Å². The minimum absolute atomic E-state index is 0.0743. The van der Waals surface area contributed by atoms with Crippen LogP contribution < -0.4 is 5.32 Å². The van der Waals surface area contributed by atoms with Crippen molar-refractivity contribution in [1.29, 1.82) is 0 Å². The van der Waals surface area contributed by atoms with Crippen LogP contribution in [0.5, 0.6) is 0 Å². The lowest BCUT2D eigenvalue weighted by atomic mass is 9.83. The van der Waals surface area contributed by atoms with Gasteiger partial charge < -0.3 is 10.2 Å². The van der Waals surface area contributed by atoms with E-state index in [4.69, 9.17) is 0 Å². The third-order valence-electron chi connectivity index (χ3n) is 3.45. The SMILES string of the molecule is CC(C)(C)C1C(=O)NCC(=O)N1Cc1ccc(F)c(F)c1. The smallest absolute Gasteiger partial charge is 0.243 e. The highest BCUT2D eigenvalue weighted by molar-refractivity contribution is 5.95. The molecule has 1 aromatic carbocycles. The number of hydrogen-bond donors (Lipinski definition) is 1. The third kappa shape index (κ3) is 3.20. The molecular weight excluding hydrogens is 278 g/mol. The number of amides is 2. The number of piperazine rings is 1. The Hall–Kier alpha value is -1.98. The number of benzene rings is 1. The van der Waals surface area contributed by atoms with Gasteiger partial charge in [-0.25, -0.2) is 8.78 Å². The lowest BCUT2D eigenvalue weighted by Crippen LogP contribution is -2.62. The van der Waals surface area contributed by atoms with Gasteiger partial charge in [0.25, 0.3) is 0 Å². The van der Waals surface area contributed by atoms with Gasteiger partial charge in [0.2, 0.25) is 11.8 Å². The Morgan fingerprint density at radius 3 is 2.48 bits per heavy atom. The Balaban J connectivity index is 2.31. The van der Waals surface area contributed by atoms with E-state index < -0.39 is 23.1 Å². The first kappa shape index (κ1) is 15.4. The van der Waals surface area contributed by atoms with Crippen molar-refractivity contribution >= 4 is 11.8 Å². The first-order chi connectivity index (χ1) is 9.70. The van der Waals surface area contributed by atoms with Crippen molar-refractivity contribution in [3.05, 3.63) is 35.4 Å². The van der Waals surface area contributed by atoms with E-state index in [-0.39, 0.29) is 24.9 Å². The lowest BCUT2D eigenvalue weighted by Gasteiger charge is -2.42. The topological polar surface area (TPSA) is 49.4 Å². The molecule has 114 valence electrons. The molecule has 0 saturated carbocycles. The van der Waals surface area contributed by atoms with Crippen LogP contribution in [-0.2, 0) is 16.1 Å². The molecule has 1 N–H and O–H groups in total. The van der Waals surface area contributed by atoms with Gasteiger partial charge in [-0.2, -0.15) is 0 Å². The molecule has 4 nitrogen and oxygen atoms in total. The van der Waals surface area contributed by atoms with Crippen molar-refractivity contribution in [3.63, 3.8) is 0 Å². The van der Waals surface area contributed by atoms with Crippen LogP contribution in [-0.4, -0.2) is 29.3 Å². The second kappa shape index (κ2) is 5.42. The zero-order valence-corrected chi connectivity index (χ0v) is 12.2. The van der Waals surface area contributed by atoms with Crippen molar-refractivity contribution in [2.75, 3.05) is 6.54 Å². The van der Waals surface area contributed by atoms with Crippen molar-refractivity contribution in [1.82, 2.24) is 10.2 Å². The molecule has 1 aromatic rings. The molecule has 0 aromatic heterocycles. The molecule has 1 heterocycles. The Morgan fingerprint density at radius 1 is 1.24 bits per heavy atom. The summed E-state index contributed by atoms with van der Waals surface area (Å²) in [5, 5.41) is 2.56. The van der Waals surface area contributed by atoms with E-state index in [0.717, 1.165) is 12.1 Å². The summed E-state index contributed by atoms with van der Waals surface area (Å²) >= 11 is 0. The molecule has 0 bridgehead atoms. The van der Waals surface area contributed by atoms with Crippen LogP contribution in [0.25, 0.3) is 0 Å². The number of nitrogens with zero attached hydrogens (tertiary/aromatic N) is 1. The molecular formula is C15H18F2N2O2. The Bertz CT molecular complexity index is 582.